The van der Waals surface area contributed by atoms with Crippen LogP contribution >= 0.6 is 0 Å². The summed E-state index contributed by atoms with van der Waals surface area (Å²) in [5, 5.41) is 0. The third-order valence-corrected chi connectivity index (χ3v) is 2.69. The van der Waals surface area contributed by atoms with Gasteiger partial charge in [0.2, 0.25) is 0 Å². The maximum atomic E-state index is 11.3. The molecule has 0 amide bonds. The van der Waals surface area contributed by atoms with Gasteiger partial charge in [0.1, 0.15) is 0 Å². The van der Waals surface area contributed by atoms with Crippen LogP contribution in [-0.2, 0) is 9.53 Å². The maximum absolute atomic E-state index is 11.3. The van der Waals surface area contributed by atoms with Gasteiger partial charge in [0, 0.05) is 18.7 Å². The zero-order valence-corrected chi connectivity index (χ0v) is 9.25. The largest absolute Gasteiger partial charge is 0.463 e. The average molecular weight is 197 g/mol. The predicted octanol–water partition coefficient (Wildman–Crippen LogP) is 1.59. The van der Waals surface area contributed by atoms with E-state index in [1.165, 1.54) is 5.57 Å². The van der Waals surface area contributed by atoms with Crippen molar-refractivity contribution in [2.24, 2.45) is 0 Å². The number of hydrogen-bond donors (Lipinski definition) is 0. The van der Waals surface area contributed by atoms with E-state index < -0.39 is 0 Å². The average Bonchev–Trinajstić information content (AvgIpc) is 2.47. The lowest BCUT2D eigenvalue weighted by molar-refractivity contribution is -0.137. The van der Waals surface area contributed by atoms with Crippen molar-refractivity contribution in [3.05, 3.63) is 11.6 Å². The lowest BCUT2D eigenvalue weighted by Gasteiger charge is -2.18. The molecule has 0 radical (unpaired) electrons. The zero-order valence-electron chi connectivity index (χ0n) is 9.25. The Morgan fingerprint density at radius 1 is 1.64 bits per heavy atom. The molecular formula is C11H19NO2. The molecule has 1 saturated heterocycles. The van der Waals surface area contributed by atoms with E-state index in [1.807, 2.05) is 6.92 Å². The van der Waals surface area contributed by atoms with Crippen LogP contribution in [0.15, 0.2) is 11.6 Å². The number of carbonyl (C=O) groups excluding carboxylic acids is 1. The third kappa shape index (κ3) is 2.58. The molecule has 0 aromatic carbocycles. The van der Waals surface area contributed by atoms with Gasteiger partial charge in [-0.05, 0) is 32.4 Å². The second-order valence-electron chi connectivity index (χ2n) is 3.63. The van der Waals surface area contributed by atoms with Gasteiger partial charge in [-0.1, -0.05) is 6.92 Å². The topological polar surface area (TPSA) is 29.5 Å². The van der Waals surface area contributed by atoms with Crippen molar-refractivity contribution in [2.45, 2.75) is 32.7 Å². The third-order valence-electron chi connectivity index (χ3n) is 2.69. The Hall–Kier alpha value is -0.830. The second-order valence-corrected chi connectivity index (χ2v) is 3.63. The van der Waals surface area contributed by atoms with Crippen LogP contribution in [0.2, 0.25) is 0 Å². The SMILES string of the molecule is CCOC(=O)/C=C1\CCN(C)C1CC. The molecule has 0 aliphatic carbocycles. The molecule has 0 saturated carbocycles. The maximum Gasteiger partial charge on any atom is 0.330 e. The van der Waals surface area contributed by atoms with Gasteiger partial charge >= 0.3 is 5.97 Å². The lowest BCUT2D eigenvalue weighted by atomic mass is 10.1. The Bertz CT molecular complexity index is 235. The zero-order chi connectivity index (χ0) is 10.6. The first-order valence-electron chi connectivity index (χ1n) is 5.26. The summed E-state index contributed by atoms with van der Waals surface area (Å²) in [6, 6.07) is 0.430. The highest BCUT2D eigenvalue weighted by Gasteiger charge is 2.24. The van der Waals surface area contributed by atoms with E-state index in [0.717, 1.165) is 19.4 Å². The Morgan fingerprint density at radius 3 is 2.93 bits per heavy atom. The molecule has 1 aliphatic rings. The molecule has 0 aromatic rings. The summed E-state index contributed by atoms with van der Waals surface area (Å²) in [4.78, 5) is 13.5. The molecule has 80 valence electrons. The number of rotatable bonds is 3. The molecule has 3 heteroatoms. The van der Waals surface area contributed by atoms with Crippen molar-refractivity contribution in [1.82, 2.24) is 4.90 Å². The Balaban J connectivity index is 2.63. The normalized spacial score (nSPS) is 25.6. The van der Waals surface area contributed by atoms with Crippen LogP contribution in [0, 0.1) is 0 Å². The van der Waals surface area contributed by atoms with Gasteiger partial charge in [0.25, 0.3) is 0 Å². The summed E-state index contributed by atoms with van der Waals surface area (Å²) < 4.78 is 4.90. The molecule has 1 heterocycles. The molecule has 3 nitrogen and oxygen atoms in total. The summed E-state index contributed by atoms with van der Waals surface area (Å²) in [6.07, 6.45) is 3.72. The van der Waals surface area contributed by atoms with Crippen molar-refractivity contribution < 1.29 is 9.53 Å². The Labute approximate surface area is 85.7 Å². The number of carbonyl (C=O) groups is 1. The first-order valence-corrected chi connectivity index (χ1v) is 5.26. The second kappa shape index (κ2) is 5.15. The molecular weight excluding hydrogens is 178 g/mol. The smallest absolute Gasteiger partial charge is 0.330 e. The first kappa shape index (κ1) is 11.2. The van der Waals surface area contributed by atoms with Crippen molar-refractivity contribution in [2.75, 3.05) is 20.2 Å². The number of hydrogen-bond acceptors (Lipinski definition) is 3. The molecule has 1 aliphatic heterocycles. The molecule has 0 aromatic heterocycles. The van der Waals surface area contributed by atoms with Crippen molar-refractivity contribution >= 4 is 5.97 Å². The summed E-state index contributed by atoms with van der Waals surface area (Å²) in [5.41, 5.74) is 1.22. The molecule has 1 rings (SSSR count). The number of likely N-dealkylation sites (N-methyl/N-ethyl adjacent to an activating group) is 1. The number of ether oxygens (including phenoxy) is 1. The van der Waals surface area contributed by atoms with Crippen LogP contribution in [0.5, 0.6) is 0 Å². The quantitative estimate of drug-likeness (QED) is 0.508. The minimum absolute atomic E-state index is 0.198. The van der Waals surface area contributed by atoms with E-state index >= 15 is 0 Å². The van der Waals surface area contributed by atoms with Gasteiger partial charge in [-0.15, -0.1) is 0 Å². The van der Waals surface area contributed by atoms with E-state index in [-0.39, 0.29) is 5.97 Å². The van der Waals surface area contributed by atoms with Crippen molar-refractivity contribution in [1.29, 1.82) is 0 Å². The minimum atomic E-state index is -0.198. The minimum Gasteiger partial charge on any atom is -0.463 e. The number of nitrogens with zero attached hydrogens (tertiary/aromatic N) is 1. The van der Waals surface area contributed by atoms with Crippen LogP contribution in [0.4, 0.5) is 0 Å². The molecule has 1 atom stereocenters. The monoisotopic (exact) mass is 197 g/mol. The number of esters is 1. The van der Waals surface area contributed by atoms with E-state index in [0.29, 0.717) is 12.6 Å². The van der Waals surface area contributed by atoms with Crippen LogP contribution < -0.4 is 0 Å². The van der Waals surface area contributed by atoms with Crippen LogP contribution in [0.25, 0.3) is 0 Å². The molecule has 0 spiro atoms. The van der Waals surface area contributed by atoms with Gasteiger partial charge < -0.3 is 4.74 Å². The molecule has 0 bridgehead atoms. The fourth-order valence-electron chi connectivity index (χ4n) is 1.99. The van der Waals surface area contributed by atoms with Gasteiger partial charge in [0.05, 0.1) is 6.61 Å². The fourth-order valence-corrected chi connectivity index (χ4v) is 1.99. The molecule has 1 unspecified atom stereocenters. The first-order chi connectivity index (χ1) is 6.69. The van der Waals surface area contributed by atoms with Crippen molar-refractivity contribution in [3.63, 3.8) is 0 Å². The summed E-state index contributed by atoms with van der Waals surface area (Å²) in [7, 11) is 2.10. The summed E-state index contributed by atoms with van der Waals surface area (Å²) >= 11 is 0. The molecule has 0 N–H and O–H groups in total. The standard InChI is InChI=1S/C11H19NO2/c1-4-10-9(6-7-12(10)3)8-11(13)14-5-2/h8,10H,4-7H2,1-3H3/b9-8+. The van der Waals surface area contributed by atoms with E-state index in [9.17, 15) is 4.79 Å². The van der Waals surface area contributed by atoms with Crippen molar-refractivity contribution in [3.8, 4) is 0 Å². The van der Waals surface area contributed by atoms with Crippen LogP contribution in [0.3, 0.4) is 0 Å². The Morgan fingerprint density at radius 2 is 2.36 bits per heavy atom. The van der Waals surface area contributed by atoms with Crippen LogP contribution in [-0.4, -0.2) is 37.1 Å². The van der Waals surface area contributed by atoms with Crippen LogP contribution in [0.1, 0.15) is 26.7 Å². The lowest BCUT2D eigenvalue weighted by Crippen LogP contribution is -2.25. The number of likely N-dealkylation sites (tertiary alicyclic amines) is 1. The highest BCUT2D eigenvalue weighted by Crippen LogP contribution is 2.24. The highest BCUT2D eigenvalue weighted by molar-refractivity contribution is 5.83. The molecule has 14 heavy (non-hydrogen) atoms. The van der Waals surface area contributed by atoms with Gasteiger partial charge in [-0.2, -0.15) is 0 Å². The summed E-state index contributed by atoms with van der Waals surface area (Å²) in [6.45, 7) is 5.47. The van der Waals surface area contributed by atoms with E-state index in [1.54, 1.807) is 6.08 Å². The highest BCUT2D eigenvalue weighted by atomic mass is 16.5. The van der Waals surface area contributed by atoms with Gasteiger partial charge in [-0.3, -0.25) is 4.90 Å². The summed E-state index contributed by atoms with van der Waals surface area (Å²) in [5.74, 6) is -0.198. The van der Waals surface area contributed by atoms with Gasteiger partial charge in [-0.25, -0.2) is 4.79 Å². The van der Waals surface area contributed by atoms with E-state index in [4.69, 9.17) is 4.74 Å². The predicted molar refractivity (Wildman–Crippen MR) is 56.0 cm³/mol. The fraction of sp³-hybridized carbons (Fsp3) is 0.727. The van der Waals surface area contributed by atoms with Gasteiger partial charge in [0.15, 0.2) is 0 Å². The molecule has 1 fully saturated rings. The Kier molecular flexibility index (Phi) is 4.14. The van der Waals surface area contributed by atoms with E-state index in [2.05, 4.69) is 18.9 Å².